The number of aromatic nitrogens is 2. The highest BCUT2D eigenvalue weighted by atomic mass is 16.1. The molecule has 2 aromatic rings. The molecule has 2 unspecified atom stereocenters. The molecule has 2 aliphatic carbocycles. The van der Waals surface area contributed by atoms with Crippen molar-refractivity contribution in [3.05, 3.63) is 48.3 Å². The van der Waals surface area contributed by atoms with Crippen LogP contribution in [0.5, 0.6) is 0 Å². The van der Waals surface area contributed by atoms with Gasteiger partial charge in [-0.1, -0.05) is 24.6 Å². The van der Waals surface area contributed by atoms with Gasteiger partial charge in [-0.25, -0.2) is 4.68 Å². The normalized spacial score (nSPS) is 28.1. The number of benzene rings is 1. The summed E-state index contributed by atoms with van der Waals surface area (Å²) < 4.78 is 1.77. The van der Waals surface area contributed by atoms with Crippen molar-refractivity contribution >= 4 is 5.78 Å². The fourth-order valence-electron chi connectivity index (χ4n) is 3.65. The average Bonchev–Trinajstić information content (AvgIpc) is 2.89. The van der Waals surface area contributed by atoms with Gasteiger partial charge in [0.1, 0.15) is 5.69 Å². The second-order valence-electron chi connectivity index (χ2n) is 5.61. The van der Waals surface area contributed by atoms with Crippen LogP contribution in [-0.4, -0.2) is 15.6 Å². The van der Waals surface area contributed by atoms with E-state index < -0.39 is 0 Å². The van der Waals surface area contributed by atoms with Crippen LogP contribution >= 0.6 is 0 Å². The zero-order chi connectivity index (χ0) is 12.8. The number of ketones is 1. The van der Waals surface area contributed by atoms with Gasteiger partial charge in [-0.2, -0.15) is 5.10 Å². The molecule has 0 radical (unpaired) electrons. The minimum Gasteiger partial charge on any atom is -0.292 e. The van der Waals surface area contributed by atoms with Crippen molar-refractivity contribution in [2.45, 2.75) is 19.3 Å². The van der Waals surface area contributed by atoms with Gasteiger partial charge >= 0.3 is 0 Å². The van der Waals surface area contributed by atoms with Crippen LogP contribution in [0.3, 0.4) is 0 Å². The van der Waals surface area contributed by atoms with E-state index in [-0.39, 0.29) is 11.7 Å². The monoisotopic (exact) mass is 252 g/mol. The first-order valence-electron chi connectivity index (χ1n) is 7.00. The number of rotatable bonds is 3. The number of Topliss-reactive ketones (excluding diaryl/α,β-unsaturated/α-hetero) is 1. The largest absolute Gasteiger partial charge is 0.292 e. The van der Waals surface area contributed by atoms with Crippen LogP contribution < -0.4 is 0 Å². The highest BCUT2D eigenvalue weighted by Gasteiger charge is 2.56. The molecule has 0 bridgehead atoms. The quantitative estimate of drug-likeness (QED) is 0.787. The Morgan fingerprint density at radius 2 is 1.84 bits per heavy atom. The van der Waals surface area contributed by atoms with Gasteiger partial charge in [-0.15, -0.1) is 0 Å². The lowest BCUT2D eigenvalue weighted by Gasteiger charge is -2.07. The Morgan fingerprint density at radius 1 is 1.11 bits per heavy atom. The molecular formula is C16H16N2O. The molecule has 1 aromatic heterocycles. The maximum absolute atomic E-state index is 12.6. The highest BCUT2D eigenvalue weighted by Crippen LogP contribution is 2.58. The summed E-state index contributed by atoms with van der Waals surface area (Å²) in [6, 6.07) is 11.7. The van der Waals surface area contributed by atoms with Crippen LogP contribution in [0, 0.1) is 17.8 Å². The van der Waals surface area contributed by atoms with Gasteiger partial charge < -0.3 is 0 Å². The molecule has 2 saturated carbocycles. The fraction of sp³-hybridized carbons (Fsp3) is 0.375. The number of carbonyl (C=O) groups excluding carboxylic acids is 1. The van der Waals surface area contributed by atoms with E-state index in [1.165, 1.54) is 19.3 Å². The predicted molar refractivity (Wildman–Crippen MR) is 72.2 cm³/mol. The molecule has 0 N–H and O–H groups in total. The Morgan fingerprint density at radius 3 is 2.58 bits per heavy atom. The summed E-state index contributed by atoms with van der Waals surface area (Å²) in [4.78, 5) is 12.6. The van der Waals surface area contributed by atoms with Crippen LogP contribution in [-0.2, 0) is 0 Å². The third-order valence-corrected chi connectivity index (χ3v) is 4.61. The van der Waals surface area contributed by atoms with Crippen molar-refractivity contribution in [1.82, 2.24) is 9.78 Å². The van der Waals surface area contributed by atoms with Gasteiger partial charge in [0.2, 0.25) is 0 Å². The van der Waals surface area contributed by atoms with Crippen LogP contribution in [0.25, 0.3) is 5.69 Å². The van der Waals surface area contributed by atoms with Crippen molar-refractivity contribution in [3.63, 3.8) is 0 Å². The smallest absolute Gasteiger partial charge is 0.184 e. The zero-order valence-electron chi connectivity index (χ0n) is 10.7. The average molecular weight is 252 g/mol. The van der Waals surface area contributed by atoms with Crippen molar-refractivity contribution in [3.8, 4) is 5.69 Å². The van der Waals surface area contributed by atoms with Crippen molar-refractivity contribution in [2.24, 2.45) is 17.8 Å². The van der Waals surface area contributed by atoms with Crippen molar-refractivity contribution in [2.75, 3.05) is 0 Å². The Hall–Kier alpha value is -1.90. The van der Waals surface area contributed by atoms with Crippen LogP contribution in [0.1, 0.15) is 29.8 Å². The zero-order valence-corrected chi connectivity index (χ0v) is 10.7. The summed E-state index contributed by atoms with van der Waals surface area (Å²) in [5.41, 5.74) is 1.70. The number of carbonyl (C=O) groups is 1. The molecule has 96 valence electrons. The number of fused-ring (bicyclic) bond motifs is 1. The third kappa shape index (κ3) is 1.65. The molecule has 0 aliphatic heterocycles. The van der Waals surface area contributed by atoms with E-state index in [0.29, 0.717) is 11.8 Å². The van der Waals surface area contributed by atoms with E-state index >= 15 is 0 Å². The van der Waals surface area contributed by atoms with E-state index in [1.807, 2.05) is 36.4 Å². The number of hydrogen-bond donors (Lipinski definition) is 0. The molecule has 0 amide bonds. The van der Waals surface area contributed by atoms with E-state index in [0.717, 1.165) is 11.4 Å². The van der Waals surface area contributed by atoms with E-state index in [4.69, 9.17) is 0 Å². The summed E-state index contributed by atoms with van der Waals surface area (Å²) in [6.45, 7) is 0. The minimum absolute atomic E-state index is 0.271. The second kappa shape index (κ2) is 4.05. The molecule has 0 spiro atoms. The van der Waals surface area contributed by atoms with Gasteiger partial charge in [-0.3, -0.25) is 4.79 Å². The third-order valence-electron chi connectivity index (χ3n) is 4.61. The molecule has 2 aliphatic rings. The lowest BCUT2D eigenvalue weighted by molar-refractivity contribution is 0.0944. The Bertz CT molecular complexity index is 607. The molecule has 2 atom stereocenters. The summed E-state index contributed by atoms with van der Waals surface area (Å²) >= 11 is 0. The summed E-state index contributed by atoms with van der Waals surface area (Å²) in [6.07, 6.45) is 5.50. The molecule has 2 fully saturated rings. The Labute approximate surface area is 112 Å². The Balaban J connectivity index is 1.66. The van der Waals surface area contributed by atoms with Crippen molar-refractivity contribution < 1.29 is 4.79 Å². The molecule has 0 saturated heterocycles. The number of nitrogens with zero attached hydrogens (tertiary/aromatic N) is 2. The second-order valence-corrected chi connectivity index (χ2v) is 5.61. The van der Waals surface area contributed by atoms with Gasteiger partial charge in [0.15, 0.2) is 5.78 Å². The van der Waals surface area contributed by atoms with E-state index in [2.05, 4.69) is 5.10 Å². The first-order valence-corrected chi connectivity index (χ1v) is 7.00. The lowest BCUT2D eigenvalue weighted by Crippen LogP contribution is -2.12. The van der Waals surface area contributed by atoms with Gasteiger partial charge in [0, 0.05) is 5.92 Å². The maximum Gasteiger partial charge on any atom is 0.184 e. The van der Waals surface area contributed by atoms with Gasteiger partial charge in [0.25, 0.3) is 0 Å². The van der Waals surface area contributed by atoms with Crippen LogP contribution in [0.2, 0.25) is 0 Å². The van der Waals surface area contributed by atoms with Crippen LogP contribution in [0.4, 0.5) is 0 Å². The fourth-order valence-corrected chi connectivity index (χ4v) is 3.65. The molecule has 4 rings (SSSR count). The minimum atomic E-state index is 0.271. The first kappa shape index (κ1) is 11.0. The SMILES string of the molecule is O=C(c1ccnn1-c1ccccc1)C1C2CCCC21. The predicted octanol–water partition coefficient (Wildman–Crippen LogP) is 3.10. The Kier molecular flexibility index (Phi) is 2.34. The number of para-hydroxylation sites is 1. The topological polar surface area (TPSA) is 34.9 Å². The van der Waals surface area contributed by atoms with Gasteiger partial charge in [-0.05, 0) is 42.9 Å². The summed E-state index contributed by atoms with van der Waals surface area (Å²) in [5.74, 6) is 1.88. The first-order chi connectivity index (χ1) is 9.36. The standard InChI is InChI=1S/C16H16N2O/c19-16(15-12-7-4-8-13(12)15)14-9-10-17-18(14)11-5-2-1-3-6-11/h1-3,5-6,9-10,12-13,15H,4,7-8H2. The summed E-state index contributed by atoms with van der Waals surface area (Å²) in [5, 5.41) is 4.31. The van der Waals surface area contributed by atoms with Crippen LogP contribution in [0.15, 0.2) is 42.6 Å². The molecular weight excluding hydrogens is 236 g/mol. The maximum atomic E-state index is 12.6. The molecule has 1 heterocycles. The lowest BCUT2D eigenvalue weighted by atomic mass is 10.1. The van der Waals surface area contributed by atoms with Gasteiger partial charge in [0.05, 0.1) is 11.9 Å². The molecule has 1 aromatic carbocycles. The molecule has 3 nitrogen and oxygen atoms in total. The summed E-state index contributed by atoms with van der Waals surface area (Å²) in [7, 11) is 0. The number of hydrogen-bond acceptors (Lipinski definition) is 2. The van der Waals surface area contributed by atoms with E-state index in [1.54, 1.807) is 10.9 Å². The van der Waals surface area contributed by atoms with Crippen molar-refractivity contribution in [1.29, 1.82) is 0 Å². The highest BCUT2D eigenvalue weighted by molar-refractivity contribution is 5.99. The molecule has 19 heavy (non-hydrogen) atoms. The van der Waals surface area contributed by atoms with E-state index in [9.17, 15) is 4.79 Å². The molecule has 3 heteroatoms.